The molecule has 0 bridgehead atoms. The first-order chi connectivity index (χ1) is 8.39. The highest BCUT2D eigenvalue weighted by molar-refractivity contribution is 5.30. The molecular weight excluding hydrogens is 231 g/mol. The lowest BCUT2D eigenvalue weighted by molar-refractivity contribution is 0.384. The maximum absolute atomic E-state index is 13.5. The highest BCUT2D eigenvalue weighted by Crippen LogP contribution is 2.22. The number of ether oxygens (including phenoxy) is 1. The normalized spacial score (nSPS) is 12.9. The van der Waals surface area contributed by atoms with Gasteiger partial charge in [0.25, 0.3) is 0 Å². The van der Waals surface area contributed by atoms with Crippen LogP contribution in [0.4, 0.5) is 4.39 Å². The van der Waals surface area contributed by atoms with E-state index in [1.54, 1.807) is 6.07 Å². The van der Waals surface area contributed by atoms with Crippen LogP contribution >= 0.6 is 0 Å². The summed E-state index contributed by atoms with van der Waals surface area (Å²) in [5.74, 6) is -0.133. The largest absolute Gasteiger partial charge is 0.494 e. The van der Waals surface area contributed by atoms with Crippen molar-refractivity contribution in [1.82, 2.24) is 5.32 Å². The molecule has 1 unspecified atom stereocenters. The summed E-state index contributed by atoms with van der Waals surface area (Å²) < 4.78 is 18.4. The molecule has 3 nitrogen and oxygen atoms in total. The molecule has 0 aliphatic carbocycles. The third-order valence-corrected chi connectivity index (χ3v) is 2.83. The average molecular weight is 250 g/mol. The van der Waals surface area contributed by atoms with Gasteiger partial charge in [-0.2, -0.15) is 5.26 Å². The Morgan fingerprint density at radius 2 is 2.17 bits per heavy atom. The van der Waals surface area contributed by atoms with Crippen LogP contribution in [0.25, 0.3) is 0 Å². The smallest absolute Gasteiger partial charge is 0.165 e. The number of halogens is 1. The van der Waals surface area contributed by atoms with Gasteiger partial charge in [0.15, 0.2) is 11.6 Å². The fraction of sp³-hybridized carbons (Fsp3) is 0.500. The van der Waals surface area contributed by atoms with E-state index in [1.165, 1.54) is 13.2 Å². The summed E-state index contributed by atoms with van der Waals surface area (Å²) in [5, 5.41) is 12.1. The highest BCUT2D eigenvalue weighted by Gasteiger charge is 2.18. The van der Waals surface area contributed by atoms with Crippen LogP contribution < -0.4 is 10.1 Å². The SMILES string of the molecule is COc1ccc(C(C)NCC(C)(C)C#N)cc1F. The molecule has 0 spiro atoms. The predicted octanol–water partition coefficient (Wildman–Crippen LogP) is 3.03. The molecule has 0 saturated carbocycles. The van der Waals surface area contributed by atoms with Gasteiger partial charge in [0, 0.05) is 12.6 Å². The third kappa shape index (κ3) is 3.71. The Kier molecular flexibility index (Phi) is 4.69. The summed E-state index contributed by atoms with van der Waals surface area (Å²) in [7, 11) is 1.44. The van der Waals surface area contributed by atoms with Gasteiger partial charge in [0.1, 0.15) is 0 Å². The van der Waals surface area contributed by atoms with E-state index in [-0.39, 0.29) is 17.6 Å². The van der Waals surface area contributed by atoms with E-state index < -0.39 is 5.41 Å². The first-order valence-corrected chi connectivity index (χ1v) is 5.87. The molecule has 18 heavy (non-hydrogen) atoms. The Morgan fingerprint density at radius 3 is 2.67 bits per heavy atom. The van der Waals surface area contributed by atoms with Gasteiger partial charge in [-0.3, -0.25) is 0 Å². The molecule has 0 heterocycles. The lowest BCUT2D eigenvalue weighted by Crippen LogP contribution is -2.30. The number of hydrogen-bond acceptors (Lipinski definition) is 3. The molecular formula is C14H19FN2O. The summed E-state index contributed by atoms with van der Waals surface area (Å²) >= 11 is 0. The van der Waals surface area contributed by atoms with Gasteiger partial charge in [-0.15, -0.1) is 0 Å². The Labute approximate surface area is 108 Å². The van der Waals surface area contributed by atoms with Crippen molar-refractivity contribution in [2.75, 3.05) is 13.7 Å². The first kappa shape index (κ1) is 14.5. The Balaban J connectivity index is 2.71. The number of nitrogens with one attached hydrogen (secondary N) is 1. The molecule has 0 aromatic heterocycles. The van der Waals surface area contributed by atoms with E-state index in [0.29, 0.717) is 6.54 Å². The molecule has 0 aliphatic heterocycles. The monoisotopic (exact) mass is 250 g/mol. The quantitative estimate of drug-likeness (QED) is 0.873. The molecule has 1 aromatic carbocycles. The molecule has 1 rings (SSSR count). The molecule has 1 aromatic rings. The van der Waals surface area contributed by atoms with Gasteiger partial charge < -0.3 is 10.1 Å². The number of hydrogen-bond donors (Lipinski definition) is 1. The van der Waals surface area contributed by atoms with Gasteiger partial charge >= 0.3 is 0 Å². The summed E-state index contributed by atoms with van der Waals surface area (Å²) in [6, 6.07) is 7.09. The second-order valence-electron chi connectivity index (χ2n) is 4.99. The Morgan fingerprint density at radius 1 is 1.50 bits per heavy atom. The summed E-state index contributed by atoms with van der Waals surface area (Å²) in [6.07, 6.45) is 0. The second-order valence-corrected chi connectivity index (χ2v) is 4.99. The zero-order valence-corrected chi connectivity index (χ0v) is 11.2. The fourth-order valence-electron chi connectivity index (χ4n) is 1.52. The Hall–Kier alpha value is -1.60. The fourth-order valence-corrected chi connectivity index (χ4v) is 1.52. The van der Waals surface area contributed by atoms with E-state index >= 15 is 0 Å². The van der Waals surface area contributed by atoms with Gasteiger partial charge in [-0.05, 0) is 38.5 Å². The predicted molar refractivity (Wildman–Crippen MR) is 68.8 cm³/mol. The molecule has 1 atom stereocenters. The van der Waals surface area contributed by atoms with Crippen LogP contribution in [0.3, 0.4) is 0 Å². The van der Waals surface area contributed by atoms with Gasteiger partial charge in [-0.25, -0.2) is 4.39 Å². The van der Waals surface area contributed by atoms with Gasteiger partial charge in [0.05, 0.1) is 18.6 Å². The zero-order valence-electron chi connectivity index (χ0n) is 11.2. The third-order valence-electron chi connectivity index (χ3n) is 2.83. The first-order valence-electron chi connectivity index (χ1n) is 5.87. The number of nitriles is 1. The number of rotatable bonds is 5. The minimum Gasteiger partial charge on any atom is -0.494 e. The summed E-state index contributed by atoms with van der Waals surface area (Å²) in [6.45, 7) is 6.22. The molecule has 0 radical (unpaired) electrons. The maximum Gasteiger partial charge on any atom is 0.165 e. The van der Waals surface area contributed by atoms with Crippen molar-refractivity contribution in [3.63, 3.8) is 0 Å². The maximum atomic E-state index is 13.5. The molecule has 0 saturated heterocycles. The second kappa shape index (κ2) is 5.83. The van der Waals surface area contributed by atoms with Crippen molar-refractivity contribution in [2.45, 2.75) is 26.8 Å². The van der Waals surface area contributed by atoms with Crippen molar-refractivity contribution in [3.05, 3.63) is 29.6 Å². The van der Waals surface area contributed by atoms with E-state index in [2.05, 4.69) is 11.4 Å². The van der Waals surface area contributed by atoms with Crippen LogP contribution in [0.15, 0.2) is 18.2 Å². The van der Waals surface area contributed by atoms with Crippen molar-refractivity contribution in [3.8, 4) is 11.8 Å². The van der Waals surface area contributed by atoms with E-state index in [9.17, 15) is 4.39 Å². The van der Waals surface area contributed by atoms with Gasteiger partial charge in [0.2, 0.25) is 0 Å². The van der Waals surface area contributed by atoms with Crippen LogP contribution in [0, 0.1) is 22.6 Å². The minimum absolute atomic E-state index is 0.0157. The van der Waals surface area contributed by atoms with Crippen molar-refractivity contribution >= 4 is 0 Å². The molecule has 1 N–H and O–H groups in total. The van der Waals surface area contributed by atoms with Crippen molar-refractivity contribution in [2.24, 2.45) is 5.41 Å². The number of methoxy groups -OCH3 is 1. The van der Waals surface area contributed by atoms with E-state index in [1.807, 2.05) is 26.8 Å². The highest BCUT2D eigenvalue weighted by atomic mass is 19.1. The van der Waals surface area contributed by atoms with E-state index in [0.717, 1.165) is 5.56 Å². The molecule has 0 fully saturated rings. The van der Waals surface area contributed by atoms with Crippen LogP contribution in [0.2, 0.25) is 0 Å². The van der Waals surface area contributed by atoms with Crippen LogP contribution in [0.1, 0.15) is 32.4 Å². The standard InChI is InChI=1S/C14H19FN2O/c1-10(17-9-14(2,3)8-16)11-5-6-13(18-4)12(15)7-11/h5-7,10,17H,9H2,1-4H3. The lowest BCUT2D eigenvalue weighted by Gasteiger charge is -2.21. The lowest BCUT2D eigenvalue weighted by atomic mass is 9.95. The summed E-state index contributed by atoms with van der Waals surface area (Å²) in [4.78, 5) is 0. The molecule has 0 aliphatic rings. The van der Waals surface area contributed by atoms with Crippen molar-refractivity contribution < 1.29 is 9.13 Å². The topological polar surface area (TPSA) is 45.0 Å². The molecule has 4 heteroatoms. The van der Waals surface area contributed by atoms with Crippen LogP contribution in [-0.4, -0.2) is 13.7 Å². The Bertz CT molecular complexity index is 452. The molecule has 98 valence electrons. The van der Waals surface area contributed by atoms with E-state index in [4.69, 9.17) is 10.00 Å². The van der Waals surface area contributed by atoms with Crippen LogP contribution in [0.5, 0.6) is 5.75 Å². The zero-order chi connectivity index (χ0) is 13.8. The number of nitrogens with zero attached hydrogens (tertiary/aromatic N) is 1. The van der Waals surface area contributed by atoms with Crippen LogP contribution in [-0.2, 0) is 0 Å². The van der Waals surface area contributed by atoms with Crippen molar-refractivity contribution in [1.29, 1.82) is 5.26 Å². The minimum atomic E-state index is -0.431. The summed E-state index contributed by atoms with van der Waals surface area (Å²) in [5.41, 5.74) is 0.404. The molecule has 0 amide bonds. The number of benzene rings is 1. The van der Waals surface area contributed by atoms with Gasteiger partial charge in [-0.1, -0.05) is 6.07 Å². The average Bonchev–Trinajstić information content (AvgIpc) is 2.36.